The highest BCUT2D eigenvalue weighted by Crippen LogP contribution is 2.34. The average Bonchev–Trinajstić information content (AvgIpc) is 3.51. The predicted octanol–water partition coefficient (Wildman–Crippen LogP) is 5.07. The molecule has 0 radical (unpaired) electrons. The molecule has 7 nitrogen and oxygen atoms in total. The summed E-state index contributed by atoms with van der Waals surface area (Å²) in [4.78, 5) is 10.2. The van der Waals surface area contributed by atoms with Gasteiger partial charge in [-0.15, -0.1) is 0 Å². The van der Waals surface area contributed by atoms with Crippen LogP contribution in [0.25, 0.3) is 22.3 Å². The van der Waals surface area contributed by atoms with Crippen molar-refractivity contribution in [2.75, 3.05) is 32.4 Å². The summed E-state index contributed by atoms with van der Waals surface area (Å²) >= 11 is 5.33. The molecule has 1 aromatic carbocycles. The van der Waals surface area contributed by atoms with Gasteiger partial charge in [0, 0.05) is 65.1 Å². The lowest BCUT2D eigenvalue weighted by Crippen LogP contribution is -2.40. The van der Waals surface area contributed by atoms with Crippen molar-refractivity contribution in [2.45, 2.75) is 44.4 Å². The predicted molar refractivity (Wildman–Crippen MR) is 154 cm³/mol. The Balaban J connectivity index is 1.13. The number of aliphatic hydroxyl groups is 1. The van der Waals surface area contributed by atoms with E-state index in [0.29, 0.717) is 19.0 Å². The molecule has 9 heteroatoms. The van der Waals surface area contributed by atoms with Crippen molar-refractivity contribution < 1.29 is 5.11 Å². The van der Waals surface area contributed by atoms with E-state index >= 15 is 0 Å². The van der Waals surface area contributed by atoms with E-state index in [1.807, 2.05) is 12.3 Å². The molecule has 0 spiro atoms. The fourth-order valence-electron chi connectivity index (χ4n) is 5.91. The largest absolute Gasteiger partial charge is 0.390 e. The molecule has 1 saturated heterocycles. The summed E-state index contributed by atoms with van der Waals surface area (Å²) in [5.74, 6) is 0.539. The number of nitrogens with zero attached hydrogens (tertiary/aromatic N) is 5. The number of rotatable bonds is 7. The minimum Gasteiger partial charge on any atom is -0.390 e. The molecule has 1 fully saturated rings. The molecule has 5 heterocycles. The van der Waals surface area contributed by atoms with Gasteiger partial charge in [-0.25, -0.2) is 9.29 Å². The lowest BCUT2D eigenvalue weighted by Gasteiger charge is -2.33. The third-order valence-electron chi connectivity index (χ3n) is 7.84. The van der Waals surface area contributed by atoms with Crippen molar-refractivity contribution in [1.82, 2.24) is 29.0 Å². The Morgan fingerprint density at radius 2 is 1.95 bits per heavy atom. The lowest BCUT2D eigenvalue weighted by atomic mass is 9.89. The zero-order chi connectivity index (χ0) is 25.4. The van der Waals surface area contributed by atoms with E-state index in [1.165, 1.54) is 22.2 Å². The number of aromatic nitrogens is 4. The number of hydrogen-bond donors (Lipinski definition) is 2. The number of pyridine rings is 1. The van der Waals surface area contributed by atoms with Gasteiger partial charge in [-0.05, 0) is 67.9 Å². The van der Waals surface area contributed by atoms with Crippen molar-refractivity contribution in [3.8, 4) is 11.3 Å². The molecule has 3 aromatic heterocycles. The molecule has 194 valence electrons. The van der Waals surface area contributed by atoms with Crippen molar-refractivity contribution >= 4 is 38.9 Å². The van der Waals surface area contributed by atoms with Crippen molar-refractivity contribution in [2.24, 2.45) is 0 Å². The van der Waals surface area contributed by atoms with Crippen LogP contribution in [0, 0.1) is 0 Å². The first-order valence-corrected chi connectivity index (χ1v) is 15.0. The number of aliphatic hydroxyl groups excluding tert-OH is 1. The SMILES string of the molecule is CSN1CCc2c(c(-c3ccc(Br)cc3)nn2CC(O)CN2CCC(c3c[nH]c4ncccc34)CC2)C1. The highest BCUT2D eigenvalue weighted by Gasteiger charge is 2.28. The fraction of sp³-hybridized carbons (Fsp3) is 0.429. The Labute approximate surface area is 230 Å². The lowest BCUT2D eigenvalue weighted by molar-refractivity contribution is 0.0815. The van der Waals surface area contributed by atoms with Crippen LogP contribution >= 0.6 is 27.9 Å². The van der Waals surface area contributed by atoms with Crippen LogP contribution in [0.4, 0.5) is 0 Å². The smallest absolute Gasteiger partial charge is 0.137 e. The quantitative estimate of drug-likeness (QED) is 0.297. The van der Waals surface area contributed by atoms with E-state index in [-0.39, 0.29) is 0 Å². The number of halogens is 1. The number of H-pyrrole nitrogens is 1. The van der Waals surface area contributed by atoms with Gasteiger partial charge in [0.25, 0.3) is 0 Å². The second-order valence-corrected chi connectivity index (χ2v) is 11.9. The maximum absolute atomic E-state index is 11.1. The van der Waals surface area contributed by atoms with Crippen LogP contribution in [-0.2, 0) is 19.5 Å². The molecule has 6 rings (SSSR count). The molecule has 0 bridgehead atoms. The van der Waals surface area contributed by atoms with Gasteiger partial charge in [0.15, 0.2) is 0 Å². The number of piperidine rings is 1. The van der Waals surface area contributed by atoms with Gasteiger partial charge in [-0.1, -0.05) is 40.0 Å². The van der Waals surface area contributed by atoms with Gasteiger partial charge >= 0.3 is 0 Å². The molecule has 1 atom stereocenters. The summed E-state index contributed by atoms with van der Waals surface area (Å²) < 4.78 is 5.54. The van der Waals surface area contributed by atoms with Gasteiger partial charge in [0.1, 0.15) is 5.65 Å². The van der Waals surface area contributed by atoms with Gasteiger partial charge in [-0.2, -0.15) is 5.10 Å². The van der Waals surface area contributed by atoms with Crippen molar-refractivity contribution in [3.05, 3.63) is 70.1 Å². The monoisotopic (exact) mass is 580 g/mol. The summed E-state index contributed by atoms with van der Waals surface area (Å²) in [6.07, 6.45) is 8.82. The minimum atomic E-state index is -0.450. The van der Waals surface area contributed by atoms with Crippen molar-refractivity contribution in [3.63, 3.8) is 0 Å². The third-order valence-corrected chi connectivity index (χ3v) is 9.19. The highest BCUT2D eigenvalue weighted by atomic mass is 79.9. The topological polar surface area (TPSA) is 73.2 Å². The molecular weight excluding hydrogens is 548 g/mol. The standard InChI is InChI=1S/C28H33BrN6OS/c1-37-34-14-10-26-25(18-34)27(20-4-6-21(29)7-5-20)32-35(26)17-22(36)16-33-12-8-19(9-13-33)24-15-31-28-23(24)3-2-11-30-28/h2-7,11,15,19,22,36H,8-10,12-14,16-18H2,1H3,(H,30,31). The first kappa shape index (κ1) is 25.1. The molecule has 2 N–H and O–H groups in total. The summed E-state index contributed by atoms with van der Waals surface area (Å²) in [6, 6.07) is 12.6. The Morgan fingerprint density at radius 1 is 1.14 bits per heavy atom. The third kappa shape index (κ3) is 5.25. The number of benzene rings is 1. The van der Waals surface area contributed by atoms with Gasteiger partial charge in [0.05, 0.1) is 18.3 Å². The maximum atomic E-state index is 11.1. The average molecular weight is 582 g/mol. The van der Waals surface area contributed by atoms with E-state index in [1.54, 1.807) is 11.9 Å². The Bertz CT molecular complexity index is 1360. The zero-order valence-corrected chi connectivity index (χ0v) is 23.5. The molecule has 2 aliphatic rings. The van der Waals surface area contributed by atoms with E-state index in [0.717, 1.165) is 66.8 Å². The number of aromatic amines is 1. The van der Waals surface area contributed by atoms with Crippen LogP contribution in [0.2, 0.25) is 0 Å². The molecule has 4 aromatic rings. The van der Waals surface area contributed by atoms with Crippen LogP contribution in [0.15, 0.2) is 53.3 Å². The number of fused-ring (bicyclic) bond motifs is 2. The second kappa shape index (κ2) is 10.9. The van der Waals surface area contributed by atoms with Crippen molar-refractivity contribution in [1.29, 1.82) is 0 Å². The van der Waals surface area contributed by atoms with Crippen LogP contribution < -0.4 is 0 Å². The normalized spacial score (nSPS) is 18.4. The number of likely N-dealkylation sites (tertiary alicyclic amines) is 1. The number of hydrogen-bond acceptors (Lipinski definition) is 6. The van der Waals surface area contributed by atoms with Gasteiger partial charge in [0.2, 0.25) is 0 Å². The van der Waals surface area contributed by atoms with E-state index in [4.69, 9.17) is 5.10 Å². The van der Waals surface area contributed by atoms with E-state index < -0.39 is 6.10 Å². The van der Waals surface area contributed by atoms with E-state index in [9.17, 15) is 5.11 Å². The zero-order valence-electron chi connectivity index (χ0n) is 21.1. The van der Waals surface area contributed by atoms with E-state index in [2.05, 4.69) is 82.6 Å². The summed E-state index contributed by atoms with van der Waals surface area (Å²) in [5.41, 5.74) is 7.10. The summed E-state index contributed by atoms with van der Waals surface area (Å²) in [7, 11) is 0. The second-order valence-electron chi connectivity index (χ2n) is 10.1. The van der Waals surface area contributed by atoms with Crippen LogP contribution in [0.1, 0.15) is 35.6 Å². The molecule has 0 saturated carbocycles. The first-order valence-electron chi connectivity index (χ1n) is 13.0. The van der Waals surface area contributed by atoms with Crippen LogP contribution in [0.3, 0.4) is 0 Å². The first-order chi connectivity index (χ1) is 18.1. The number of nitrogens with one attached hydrogen (secondary N) is 1. The molecule has 2 aliphatic heterocycles. The molecular formula is C28H33BrN6OS. The maximum Gasteiger partial charge on any atom is 0.137 e. The Morgan fingerprint density at radius 3 is 2.73 bits per heavy atom. The van der Waals surface area contributed by atoms with Gasteiger partial charge in [-0.3, -0.25) is 4.68 Å². The fourth-order valence-corrected chi connectivity index (χ4v) is 6.71. The Kier molecular flexibility index (Phi) is 7.40. The molecule has 1 unspecified atom stereocenters. The molecule has 0 aliphatic carbocycles. The summed E-state index contributed by atoms with van der Waals surface area (Å²) in [5, 5.41) is 17.4. The Hall–Kier alpha value is -2.17. The minimum absolute atomic E-state index is 0.450. The molecule has 0 amide bonds. The highest BCUT2D eigenvalue weighted by molar-refractivity contribution is 9.10. The van der Waals surface area contributed by atoms with Crippen LogP contribution in [-0.4, -0.2) is 72.6 Å². The summed E-state index contributed by atoms with van der Waals surface area (Å²) in [6.45, 7) is 5.10. The molecule has 37 heavy (non-hydrogen) atoms. The number of β-amino-alcohol motifs (C(OH)–C–C–N with tert-alkyl or cyclic N) is 1. The van der Waals surface area contributed by atoms with Crippen LogP contribution in [0.5, 0.6) is 0 Å². The van der Waals surface area contributed by atoms with Gasteiger partial charge < -0.3 is 15.0 Å².